The molecule has 0 bridgehead atoms. The number of carbonyl (C=O) groups is 1. The maximum Gasteiger partial charge on any atom is 0.162 e. The van der Waals surface area contributed by atoms with Crippen LogP contribution in [0.1, 0.15) is 53.4 Å². The summed E-state index contributed by atoms with van der Waals surface area (Å²) in [6.07, 6.45) is 6.74. The van der Waals surface area contributed by atoms with E-state index in [0.29, 0.717) is 0 Å². The van der Waals surface area contributed by atoms with E-state index < -0.39 is 0 Å². The van der Waals surface area contributed by atoms with Gasteiger partial charge in [-0.25, -0.2) is 0 Å². The van der Waals surface area contributed by atoms with Crippen molar-refractivity contribution in [1.29, 1.82) is 0 Å². The maximum absolute atomic E-state index is 11.7. The molecule has 1 N–H and O–H groups in total. The number of hydrogen-bond donors (Lipinski definition) is 1. The zero-order valence-electron chi connectivity index (χ0n) is 29.7. The number of ketones is 1. The van der Waals surface area contributed by atoms with Crippen LogP contribution in [0.4, 0.5) is 0 Å². The molecule has 0 spiro atoms. The normalized spacial score (nSPS) is 11.5. The summed E-state index contributed by atoms with van der Waals surface area (Å²) < 4.78 is 6.13. The Morgan fingerprint density at radius 2 is 1.39 bits per heavy atom. The third-order valence-corrected chi connectivity index (χ3v) is 9.74. The zero-order chi connectivity index (χ0) is 35.0. The quantitative estimate of drug-likeness (QED) is 0.0846. The van der Waals surface area contributed by atoms with Crippen molar-refractivity contribution in [2.24, 2.45) is 11.8 Å². The van der Waals surface area contributed by atoms with Crippen LogP contribution in [0, 0.1) is 17.9 Å². The summed E-state index contributed by atoms with van der Waals surface area (Å²) in [7, 11) is 0. The van der Waals surface area contributed by atoms with Crippen LogP contribution < -0.4 is 0 Å². The summed E-state index contributed by atoms with van der Waals surface area (Å²) in [6, 6.07) is 43.4. The molecule has 2 heterocycles. The molecule has 7 rings (SSSR count). The third kappa shape index (κ3) is 8.06. The number of aliphatic hydroxyl groups is 1. The van der Waals surface area contributed by atoms with Gasteiger partial charge in [-0.05, 0) is 60.3 Å². The van der Waals surface area contributed by atoms with E-state index in [4.69, 9.17) is 4.42 Å². The standard InChI is InChI=1S/C33H20NO.C13H24O2.Ir/c1-2-9-22(10-3-1)29-21-23(16-17-26(29)30-14-6-7-20-34-30)24-12-8-13-27-25(24)18-19-32-33(27)28-11-4-5-15-31(28)35-32;1-5-10(6-2)12(14)9-13(15)11(7-3)8-4;/h1-16,18-21H;9-11,14H,5-8H2,1-4H3;/q-1;;/b;12-9-;. The van der Waals surface area contributed by atoms with Crippen molar-refractivity contribution >= 4 is 38.5 Å². The van der Waals surface area contributed by atoms with Gasteiger partial charge in [0.1, 0.15) is 11.2 Å². The first kappa shape index (κ1) is 37.4. The number of allylic oxidation sites excluding steroid dienone is 2. The first-order chi connectivity index (χ1) is 24.5. The van der Waals surface area contributed by atoms with E-state index >= 15 is 0 Å². The second kappa shape index (κ2) is 17.4. The van der Waals surface area contributed by atoms with Gasteiger partial charge in [0.15, 0.2) is 5.78 Å². The van der Waals surface area contributed by atoms with Crippen LogP contribution >= 0.6 is 0 Å². The van der Waals surface area contributed by atoms with E-state index in [-0.39, 0.29) is 43.5 Å². The molecule has 0 aliphatic carbocycles. The van der Waals surface area contributed by atoms with Gasteiger partial charge >= 0.3 is 0 Å². The topological polar surface area (TPSA) is 63.3 Å². The molecule has 261 valence electrons. The fraction of sp³-hybridized carbons (Fsp3) is 0.217. The Labute approximate surface area is 314 Å². The number of rotatable bonds is 10. The minimum atomic E-state index is 0. The van der Waals surface area contributed by atoms with E-state index in [2.05, 4.69) is 89.9 Å². The van der Waals surface area contributed by atoms with Crippen molar-refractivity contribution < 1.29 is 34.4 Å². The van der Waals surface area contributed by atoms with Gasteiger partial charge in [0.05, 0.1) is 5.76 Å². The molecule has 0 saturated heterocycles. The summed E-state index contributed by atoms with van der Waals surface area (Å²) in [5.41, 5.74) is 8.32. The zero-order valence-corrected chi connectivity index (χ0v) is 32.0. The average Bonchev–Trinajstić information content (AvgIpc) is 3.56. The number of aromatic nitrogens is 1. The molecule has 0 saturated carbocycles. The Balaban J connectivity index is 0.000000271. The fourth-order valence-corrected chi connectivity index (χ4v) is 6.83. The van der Waals surface area contributed by atoms with Crippen molar-refractivity contribution in [3.63, 3.8) is 0 Å². The predicted molar refractivity (Wildman–Crippen MR) is 208 cm³/mol. The summed E-state index contributed by atoms with van der Waals surface area (Å²) in [5.74, 6) is 0.547. The summed E-state index contributed by atoms with van der Waals surface area (Å²) in [5, 5.41) is 14.5. The van der Waals surface area contributed by atoms with Crippen LogP contribution in [0.2, 0.25) is 0 Å². The van der Waals surface area contributed by atoms with Gasteiger partial charge in [0.25, 0.3) is 0 Å². The van der Waals surface area contributed by atoms with Gasteiger partial charge in [0.2, 0.25) is 0 Å². The van der Waals surface area contributed by atoms with Crippen molar-refractivity contribution in [3.05, 3.63) is 139 Å². The predicted octanol–water partition coefficient (Wildman–Crippen LogP) is 12.8. The monoisotopic (exact) mass is 851 g/mol. The number of nitrogens with zero attached hydrogens (tertiary/aromatic N) is 1. The molecule has 4 nitrogen and oxygen atoms in total. The van der Waals surface area contributed by atoms with E-state index in [9.17, 15) is 9.90 Å². The van der Waals surface area contributed by atoms with Gasteiger partial charge in [-0.2, -0.15) is 0 Å². The molecule has 0 amide bonds. The van der Waals surface area contributed by atoms with Crippen molar-refractivity contribution in [1.82, 2.24) is 4.98 Å². The molecule has 5 aromatic carbocycles. The number of furan rings is 1. The van der Waals surface area contributed by atoms with Crippen LogP contribution in [0.5, 0.6) is 0 Å². The minimum Gasteiger partial charge on any atom is -0.512 e. The molecular formula is C46H44IrNO3-. The first-order valence-corrected chi connectivity index (χ1v) is 17.8. The number of carbonyl (C=O) groups excluding carboxylic acids is 1. The summed E-state index contributed by atoms with van der Waals surface area (Å²) in [4.78, 5) is 16.3. The van der Waals surface area contributed by atoms with E-state index in [1.165, 1.54) is 22.4 Å². The second-order valence-corrected chi connectivity index (χ2v) is 12.7. The van der Waals surface area contributed by atoms with Gasteiger partial charge in [0, 0.05) is 55.0 Å². The molecule has 0 atom stereocenters. The number of pyridine rings is 1. The molecule has 0 unspecified atom stereocenters. The Bertz CT molecular complexity index is 2250. The summed E-state index contributed by atoms with van der Waals surface area (Å²) >= 11 is 0. The molecule has 0 aliphatic rings. The fourth-order valence-electron chi connectivity index (χ4n) is 6.83. The van der Waals surface area contributed by atoms with Crippen LogP contribution in [0.3, 0.4) is 0 Å². The van der Waals surface area contributed by atoms with Crippen molar-refractivity contribution in [3.8, 4) is 33.5 Å². The summed E-state index contributed by atoms with van der Waals surface area (Å²) in [6.45, 7) is 8.07. The number of fused-ring (bicyclic) bond motifs is 5. The van der Waals surface area contributed by atoms with Crippen LogP contribution in [0.15, 0.2) is 138 Å². The first-order valence-electron chi connectivity index (χ1n) is 17.8. The SMILES string of the molecule is CCC(CC)C(=O)/C=C(\O)C(CC)CC.[Ir].[c-]1cc(-c2cccc3c2ccc2oc4ccccc4c23)cc(-c2ccccc2)c1-c1ccccn1. The molecule has 1 radical (unpaired) electrons. The van der Waals surface area contributed by atoms with E-state index in [1.54, 1.807) is 0 Å². The van der Waals surface area contributed by atoms with E-state index in [0.717, 1.165) is 75.6 Å². The van der Waals surface area contributed by atoms with Crippen LogP contribution in [0.25, 0.3) is 66.2 Å². The molecule has 51 heavy (non-hydrogen) atoms. The number of aliphatic hydroxyl groups excluding tert-OH is 1. The van der Waals surface area contributed by atoms with Gasteiger partial charge in [-0.3, -0.25) is 4.79 Å². The Morgan fingerprint density at radius 3 is 2.10 bits per heavy atom. The molecular weight excluding hydrogens is 807 g/mol. The van der Waals surface area contributed by atoms with E-state index in [1.807, 2.05) is 70.3 Å². The number of benzene rings is 5. The smallest absolute Gasteiger partial charge is 0.162 e. The van der Waals surface area contributed by atoms with Crippen molar-refractivity contribution in [2.75, 3.05) is 0 Å². The molecule has 2 aromatic heterocycles. The molecule has 7 aromatic rings. The van der Waals surface area contributed by atoms with Gasteiger partial charge in [-0.1, -0.05) is 135 Å². The minimum absolute atomic E-state index is 0. The van der Waals surface area contributed by atoms with Gasteiger partial charge < -0.3 is 14.5 Å². The van der Waals surface area contributed by atoms with Crippen LogP contribution in [-0.4, -0.2) is 15.9 Å². The Morgan fingerprint density at radius 1 is 0.706 bits per heavy atom. The largest absolute Gasteiger partial charge is 0.512 e. The van der Waals surface area contributed by atoms with Gasteiger partial charge in [-0.15, -0.1) is 23.8 Å². The number of para-hydroxylation sites is 1. The maximum atomic E-state index is 11.7. The molecule has 0 fully saturated rings. The Kier molecular flexibility index (Phi) is 12.8. The van der Waals surface area contributed by atoms with Crippen LogP contribution in [-0.2, 0) is 24.9 Å². The number of hydrogen-bond acceptors (Lipinski definition) is 4. The average molecular weight is 851 g/mol. The molecule has 5 heteroatoms. The third-order valence-electron chi connectivity index (χ3n) is 9.74. The Hall–Kier alpha value is -4.83. The van der Waals surface area contributed by atoms with Crippen molar-refractivity contribution in [2.45, 2.75) is 53.4 Å². The molecule has 0 aliphatic heterocycles. The second-order valence-electron chi connectivity index (χ2n) is 12.7.